The summed E-state index contributed by atoms with van der Waals surface area (Å²) in [5.41, 5.74) is 7.17. The molecule has 1 saturated heterocycles. The highest BCUT2D eigenvalue weighted by atomic mass is 79.9. The van der Waals surface area contributed by atoms with E-state index in [1.165, 1.54) is 15.9 Å². The van der Waals surface area contributed by atoms with Crippen molar-refractivity contribution < 1.29 is 4.79 Å². The summed E-state index contributed by atoms with van der Waals surface area (Å²) in [7, 11) is 1.58. The van der Waals surface area contributed by atoms with Crippen molar-refractivity contribution in [1.82, 2.24) is 18.7 Å². The van der Waals surface area contributed by atoms with E-state index in [2.05, 4.69) is 20.8 Å². The predicted molar refractivity (Wildman–Crippen MR) is 141 cm³/mol. The smallest absolute Gasteiger partial charge is 0.332 e. The lowest BCUT2D eigenvalue weighted by molar-refractivity contribution is 0.0969. The Morgan fingerprint density at radius 3 is 2.74 bits per heavy atom. The number of ketones is 1. The molecule has 9 nitrogen and oxygen atoms in total. The van der Waals surface area contributed by atoms with Crippen molar-refractivity contribution in [2.45, 2.75) is 32.0 Å². The number of aryl methyl sites for hydroxylation is 1. The molecule has 3 aromatic heterocycles. The first kappa shape index (κ1) is 23.7. The van der Waals surface area contributed by atoms with Crippen LogP contribution in [0.1, 0.15) is 28.8 Å². The van der Waals surface area contributed by atoms with Gasteiger partial charge >= 0.3 is 5.69 Å². The molecular weight excluding hydrogens is 532 g/mol. The van der Waals surface area contributed by atoms with Gasteiger partial charge in [0.1, 0.15) is 0 Å². The second-order valence-corrected chi connectivity index (χ2v) is 10.4. The molecule has 1 aromatic carbocycles. The molecule has 35 heavy (non-hydrogen) atoms. The molecule has 0 spiro atoms. The number of rotatable bonds is 6. The third-order valence-electron chi connectivity index (χ3n) is 6.38. The van der Waals surface area contributed by atoms with Crippen LogP contribution in [0.4, 0.5) is 5.95 Å². The van der Waals surface area contributed by atoms with Crippen molar-refractivity contribution in [3.8, 4) is 0 Å². The number of carbonyl (C=O) groups is 1. The molecule has 1 aliphatic heterocycles. The number of benzene rings is 1. The van der Waals surface area contributed by atoms with Crippen molar-refractivity contribution in [2.24, 2.45) is 12.8 Å². The molecule has 0 radical (unpaired) electrons. The molecule has 0 bridgehead atoms. The predicted octanol–water partition coefficient (Wildman–Crippen LogP) is 2.58. The van der Waals surface area contributed by atoms with Gasteiger partial charge in [-0.15, -0.1) is 0 Å². The number of thiophene rings is 1. The molecule has 1 unspecified atom stereocenters. The van der Waals surface area contributed by atoms with E-state index in [0.29, 0.717) is 30.2 Å². The molecule has 0 amide bonds. The molecule has 182 valence electrons. The van der Waals surface area contributed by atoms with E-state index in [9.17, 15) is 14.4 Å². The van der Waals surface area contributed by atoms with Crippen LogP contribution in [0.15, 0.2) is 55.2 Å². The Morgan fingerprint density at radius 1 is 1.23 bits per heavy atom. The van der Waals surface area contributed by atoms with Crippen LogP contribution in [0.2, 0.25) is 0 Å². The van der Waals surface area contributed by atoms with Crippen LogP contribution in [0.3, 0.4) is 0 Å². The van der Waals surface area contributed by atoms with E-state index < -0.39 is 11.2 Å². The van der Waals surface area contributed by atoms with Gasteiger partial charge in [-0.25, -0.2) is 4.79 Å². The van der Waals surface area contributed by atoms with E-state index in [4.69, 9.17) is 10.7 Å². The number of anilines is 1. The van der Waals surface area contributed by atoms with Gasteiger partial charge in [0.15, 0.2) is 16.9 Å². The maximum absolute atomic E-state index is 13.7. The van der Waals surface area contributed by atoms with Gasteiger partial charge < -0.3 is 10.6 Å². The highest BCUT2D eigenvalue weighted by Crippen LogP contribution is 2.26. The molecule has 2 N–H and O–H groups in total. The first-order chi connectivity index (χ1) is 16.8. The van der Waals surface area contributed by atoms with Gasteiger partial charge in [-0.3, -0.25) is 23.3 Å². The fraction of sp³-hybridized carbons (Fsp3) is 0.333. The highest BCUT2D eigenvalue weighted by molar-refractivity contribution is 9.10. The average Bonchev–Trinajstić information content (AvgIpc) is 3.51. The molecule has 1 fully saturated rings. The highest BCUT2D eigenvalue weighted by Gasteiger charge is 2.27. The first-order valence-electron chi connectivity index (χ1n) is 11.3. The van der Waals surface area contributed by atoms with Crippen molar-refractivity contribution in [3.63, 3.8) is 0 Å². The maximum atomic E-state index is 13.7. The molecule has 5 rings (SSSR count). The van der Waals surface area contributed by atoms with Gasteiger partial charge in [0.2, 0.25) is 5.95 Å². The average molecular weight is 557 g/mol. The summed E-state index contributed by atoms with van der Waals surface area (Å²) in [6.07, 6.45) is 1.84. The number of Topliss-reactive ketones (excluding diaryl/α,β-unsaturated/α-hetero) is 1. The summed E-state index contributed by atoms with van der Waals surface area (Å²) in [4.78, 5) is 46.5. The third kappa shape index (κ3) is 4.39. The minimum absolute atomic E-state index is 0.00387. The number of fused-ring (bicyclic) bond motifs is 1. The number of aromatic nitrogens is 4. The molecule has 11 heteroatoms. The molecule has 0 saturated carbocycles. The SMILES string of the molecule is Cn1c(=O)n(CC(=O)c2ccsc2)c(=O)c2c1nc(N1CCCC(N)C1)n2Cc1ccccc1Br. The van der Waals surface area contributed by atoms with Crippen LogP contribution in [0.5, 0.6) is 0 Å². The van der Waals surface area contributed by atoms with Crippen LogP contribution >= 0.6 is 27.3 Å². The first-order valence-corrected chi connectivity index (χ1v) is 13.1. The van der Waals surface area contributed by atoms with Crippen LogP contribution in [0, 0.1) is 0 Å². The summed E-state index contributed by atoms with van der Waals surface area (Å²) in [6, 6.07) is 9.47. The molecular formula is C24H25BrN6O3S. The van der Waals surface area contributed by atoms with E-state index in [1.807, 2.05) is 28.8 Å². The summed E-state index contributed by atoms with van der Waals surface area (Å²) in [5.74, 6) is 0.309. The van der Waals surface area contributed by atoms with E-state index in [1.54, 1.807) is 23.9 Å². The van der Waals surface area contributed by atoms with Crippen LogP contribution in [-0.4, -0.2) is 43.6 Å². The Bertz CT molecular complexity index is 1520. The molecule has 4 aromatic rings. The number of imidazole rings is 1. The Labute approximate surface area is 213 Å². The topological polar surface area (TPSA) is 108 Å². The summed E-state index contributed by atoms with van der Waals surface area (Å²) < 4.78 is 5.11. The van der Waals surface area contributed by atoms with Crippen LogP contribution in [0.25, 0.3) is 11.2 Å². The number of nitrogens with two attached hydrogens (primary N) is 1. The Balaban J connectivity index is 1.71. The lowest BCUT2D eigenvalue weighted by Crippen LogP contribution is -2.44. The van der Waals surface area contributed by atoms with Crippen molar-refractivity contribution in [2.75, 3.05) is 18.0 Å². The van der Waals surface area contributed by atoms with Crippen molar-refractivity contribution >= 4 is 50.2 Å². The third-order valence-corrected chi connectivity index (χ3v) is 7.84. The lowest BCUT2D eigenvalue weighted by Gasteiger charge is -2.32. The van der Waals surface area contributed by atoms with Gasteiger partial charge in [0, 0.05) is 41.6 Å². The fourth-order valence-electron chi connectivity index (χ4n) is 4.54. The fourth-order valence-corrected chi connectivity index (χ4v) is 5.61. The largest absolute Gasteiger partial charge is 0.341 e. The second-order valence-electron chi connectivity index (χ2n) is 8.78. The molecule has 4 heterocycles. The number of hydrogen-bond donors (Lipinski definition) is 1. The maximum Gasteiger partial charge on any atom is 0.332 e. The van der Waals surface area contributed by atoms with Crippen molar-refractivity contribution in [3.05, 3.63) is 77.5 Å². The lowest BCUT2D eigenvalue weighted by atomic mass is 10.1. The number of carbonyl (C=O) groups excluding carboxylic acids is 1. The monoisotopic (exact) mass is 556 g/mol. The minimum Gasteiger partial charge on any atom is -0.341 e. The van der Waals surface area contributed by atoms with E-state index in [-0.39, 0.29) is 23.9 Å². The van der Waals surface area contributed by atoms with Crippen molar-refractivity contribution in [1.29, 1.82) is 0 Å². The molecule has 1 atom stereocenters. The Kier molecular flexibility index (Phi) is 6.47. The number of nitrogens with zero attached hydrogens (tertiary/aromatic N) is 5. The standard InChI is InChI=1S/C24H25BrN6O3S/c1-28-21-20(22(33)31(24(28)34)13-19(32)16-8-10-35-14-16)30(11-15-5-2-3-7-18(15)25)23(27-21)29-9-4-6-17(26)12-29/h2-3,5,7-8,10,14,17H,4,6,9,11-13,26H2,1H3. The van der Waals surface area contributed by atoms with Gasteiger partial charge in [-0.2, -0.15) is 16.3 Å². The minimum atomic E-state index is -0.571. The number of halogens is 1. The zero-order chi connectivity index (χ0) is 24.7. The van der Waals surface area contributed by atoms with Crippen LogP contribution < -0.4 is 21.9 Å². The number of hydrogen-bond acceptors (Lipinski definition) is 7. The molecule has 0 aliphatic carbocycles. The van der Waals surface area contributed by atoms with Gasteiger partial charge in [0.05, 0.1) is 13.1 Å². The Hall–Kier alpha value is -3.02. The zero-order valence-electron chi connectivity index (χ0n) is 19.2. The Morgan fingerprint density at radius 2 is 2.03 bits per heavy atom. The normalized spacial score (nSPS) is 16.2. The van der Waals surface area contributed by atoms with E-state index in [0.717, 1.165) is 34.0 Å². The summed E-state index contributed by atoms with van der Waals surface area (Å²) in [6.45, 7) is 1.40. The zero-order valence-corrected chi connectivity index (χ0v) is 21.6. The number of piperidine rings is 1. The quantitative estimate of drug-likeness (QED) is 0.365. The summed E-state index contributed by atoms with van der Waals surface area (Å²) in [5, 5.41) is 3.50. The second kappa shape index (κ2) is 9.56. The van der Waals surface area contributed by atoms with Gasteiger partial charge in [-0.1, -0.05) is 34.1 Å². The van der Waals surface area contributed by atoms with Gasteiger partial charge in [0.25, 0.3) is 5.56 Å². The van der Waals surface area contributed by atoms with Crippen LogP contribution in [-0.2, 0) is 20.1 Å². The van der Waals surface area contributed by atoms with E-state index >= 15 is 0 Å². The molecule has 1 aliphatic rings. The summed E-state index contributed by atoms with van der Waals surface area (Å²) >= 11 is 4.99. The van der Waals surface area contributed by atoms with Gasteiger partial charge in [-0.05, 0) is 35.9 Å².